The molecule has 0 radical (unpaired) electrons. The number of aliphatic carboxylic acids is 1. The lowest BCUT2D eigenvalue weighted by Gasteiger charge is -2.14. The van der Waals surface area contributed by atoms with Gasteiger partial charge in [-0.1, -0.05) is 24.3 Å². The van der Waals surface area contributed by atoms with E-state index in [1.165, 1.54) is 0 Å². The van der Waals surface area contributed by atoms with Gasteiger partial charge in [-0.2, -0.15) is 0 Å². The van der Waals surface area contributed by atoms with E-state index in [2.05, 4.69) is 0 Å². The summed E-state index contributed by atoms with van der Waals surface area (Å²) in [6.45, 7) is 0. The van der Waals surface area contributed by atoms with Gasteiger partial charge >= 0.3 is 5.97 Å². The molecule has 1 unspecified atom stereocenters. The number of hydrogen-bond acceptors (Lipinski definition) is 3. The highest BCUT2D eigenvalue weighted by molar-refractivity contribution is 5.75. The van der Waals surface area contributed by atoms with Crippen molar-refractivity contribution in [2.75, 3.05) is 7.11 Å². The first-order valence-corrected chi connectivity index (χ1v) is 5.69. The zero-order valence-electron chi connectivity index (χ0n) is 9.85. The molecule has 3 N–H and O–H groups in total. The molecule has 4 nitrogen and oxygen atoms in total. The Kier molecular flexibility index (Phi) is 3.17. The molecule has 1 aliphatic rings. The van der Waals surface area contributed by atoms with Gasteiger partial charge in [0.15, 0.2) is 0 Å². The Hall–Kier alpha value is -1.39. The van der Waals surface area contributed by atoms with Crippen molar-refractivity contribution >= 4 is 5.97 Å². The maximum absolute atomic E-state index is 10.8. The molecule has 1 aromatic rings. The molecule has 4 heteroatoms. The SMILES string of the molecule is COC1(Cc2cccc(C(N)C(=O)O)c2)CC1. The van der Waals surface area contributed by atoms with Gasteiger partial charge in [-0.05, 0) is 24.0 Å². The minimum atomic E-state index is -1.00. The Morgan fingerprint density at radius 3 is 2.82 bits per heavy atom. The topological polar surface area (TPSA) is 72.5 Å². The van der Waals surface area contributed by atoms with Crippen LogP contribution in [0, 0.1) is 0 Å². The van der Waals surface area contributed by atoms with Crippen molar-refractivity contribution in [2.24, 2.45) is 5.73 Å². The van der Waals surface area contributed by atoms with E-state index in [9.17, 15) is 4.79 Å². The molecular formula is C13H17NO3. The summed E-state index contributed by atoms with van der Waals surface area (Å²) in [6, 6.07) is 6.48. The molecule has 0 heterocycles. The van der Waals surface area contributed by atoms with E-state index in [4.69, 9.17) is 15.6 Å². The number of nitrogens with two attached hydrogens (primary N) is 1. The fourth-order valence-electron chi connectivity index (χ4n) is 2.00. The lowest BCUT2D eigenvalue weighted by Crippen LogP contribution is -2.21. The van der Waals surface area contributed by atoms with E-state index in [0.717, 1.165) is 24.8 Å². The molecule has 1 aliphatic carbocycles. The molecule has 0 amide bonds. The van der Waals surface area contributed by atoms with Crippen molar-refractivity contribution in [2.45, 2.75) is 30.9 Å². The smallest absolute Gasteiger partial charge is 0.325 e. The van der Waals surface area contributed by atoms with Gasteiger partial charge in [-0.3, -0.25) is 4.79 Å². The molecular weight excluding hydrogens is 218 g/mol. The fraction of sp³-hybridized carbons (Fsp3) is 0.462. The highest BCUT2D eigenvalue weighted by Crippen LogP contribution is 2.41. The van der Waals surface area contributed by atoms with Crippen molar-refractivity contribution < 1.29 is 14.6 Å². The van der Waals surface area contributed by atoms with Crippen LogP contribution in [0.3, 0.4) is 0 Å². The van der Waals surface area contributed by atoms with Crippen molar-refractivity contribution in [1.82, 2.24) is 0 Å². The molecule has 0 spiro atoms. The van der Waals surface area contributed by atoms with Crippen LogP contribution in [0.15, 0.2) is 24.3 Å². The summed E-state index contributed by atoms with van der Waals surface area (Å²) in [5.74, 6) is -1.00. The summed E-state index contributed by atoms with van der Waals surface area (Å²) in [7, 11) is 1.72. The van der Waals surface area contributed by atoms with Gasteiger partial charge in [0.25, 0.3) is 0 Å². The number of carboxylic acid groups (broad SMARTS) is 1. The highest BCUT2D eigenvalue weighted by Gasteiger charge is 2.42. The number of carbonyl (C=O) groups is 1. The van der Waals surface area contributed by atoms with Crippen LogP contribution < -0.4 is 5.73 Å². The normalized spacial score (nSPS) is 18.7. The largest absolute Gasteiger partial charge is 0.480 e. The molecule has 1 aromatic carbocycles. The van der Waals surface area contributed by atoms with Crippen molar-refractivity contribution in [1.29, 1.82) is 0 Å². The summed E-state index contributed by atoms with van der Waals surface area (Å²) in [5, 5.41) is 8.87. The van der Waals surface area contributed by atoms with E-state index >= 15 is 0 Å². The maximum atomic E-state index is 10.8. The van der Waals surface area contributed by atoms with Gasteiger partial charge in [-0.15, -0.1) is 0 Å². The molecule has 1 fully saturated rings. The molecule has 0 saturated heterocycles. The third-order valence-electron chi connectivity index (χ3n) is 3.34. The number of carboxylic acids is 1. The van der Waals surface area contributed by atoms with E-state index in [1.807, 2.05) is 18.2 Å². The van der Waals surface area contributed by atoms with Crippen LogP contribution in [0.2, 0.25) is 0 Å². The lowest BCUT2D eigenvalue weighted by molar-refractivity contribution is -0.138. The molecule has 0 aromatic heterocycles. The van der Waals surface area contributed by atoms with Gasteiger partial charge in [0.05, 0.1) is 5.60 Å². The second-order valence-corrected chi connectivity index (χ2v) is 4.62. The molecule has 2 rings (SSSR count). The average molecular weight is 235 g/mol. The second-order valence-electron chi connectivity index (χ2n) is 4.62. The first-order valence-electron chi connectivity index (χ1n) is 5.69. The monoisotopic (exact) mass is 235 g/mol. The van der Waals surface area contributed by atoms with Crippen LogP contribution in [0.5, 0.6) is 0 Å². The van der Waals surface area contributed by atoms with E-state index in [1.54, 1.807) is 13.2 Å². The molecule has 1 atom stereocenters. The Labute approximate surface area is 100 Å². The average Bonchev–Trinajstić information content (AvgIpc) is 3.09. The van der Waals surface area contributed by atoms with Gasteiger partial charge < -0.3 is 15.6 Å². The zero-order valence-corrected chi connectivity index (χ0v) is 9.85. The van der Waals surface area contributed by atoms with Crippen molar-refractivity contribution in [3.63, 3.8) is 0 Å². The van der Waals surface area contributed by atoms with Crippen LogP contribution in [0.1, 0.15) is 30.0 Å². The first-order chi connectivity index (χ1) is 8.06. The third-order valence-corrected chi connectivity index (χ3v) is 3.34. The van der Waals surface area contributed by atoms with Crippen molar-refractivity contribution in [3.05, 3.63) is 35.4 Å². The van der Waals surface area contributed by atoms with Gasteiger partial charge in [0, 0.05) is 13.5 Å². The van der Waals surface area contributed by atoms with Gasteiger partial charge in [0.2, 0.25) is 0 Å². The summed E-state index contributed by atoms with van der Waals surface area (Å²) < 4.78 is 5.45. The van der Waals surface area contributed by atoms with Gasteiger partial charge in [-0.25, -0.2) is 0 Å². The highest BCUT2D eigenvalue weighted by atomic mass is 16.5. The molecule has 0 bridgehead atoms. The lowest BCUT2D eigenvalue weighted by atomic mass is 10.0. The number of hydrogen-bond donors (Lipinski definition) is 2. The van der Waals surface area contributed by atoms with Crippen LogP contribution in [-0.4, -0.2) is 23.8 Å². The predicted octanol–water partition coefficient (Wildman–Crippen LogP) is 1.49. The van der Waals surface area contributed by atoms with Crippen LogP contribution in [0.25, 0.3) is 0 Å². The van der Waals surface area contributed by atoms with Crippen molar-refractivity contribution in [3.8, 4) is 0 Å². The minimum absolute atomic E-state index is 0.0219. The first kappa shape index (κ1) is 12.1. The van der Waals surface area contributed by atoms with E-state index in [-0.39, 0.29) is 5.60 Å². The number of benzene rings is 1. The standard InChI is InChI=1S/C13H17NO3/c1-17-13(5-6-13)8-9-3-2-4-10(7-9)11(14)12(15)16/h2-4,7,11H,5-6,8,14H2,1H3,(H,15,16). The molecule has 0 aliphatic heterocycles. The van der Waals surface area contributed by atoms with Crippen LogP contribution in [0.4, 0.5) is 0 Å². The van der Waals surface area contributed by atoms with Crippen LogP contribution >= 0.6 is 0 Å². The molecule has 1 saturated carbocycles. The number of methoxy groups -OCH3 is 1. The van der Waals surface area contributed by atoms with Crippen LogP contribution in [-0.2, 0) is 16.0 Å². The molecule has 92 valence electrons. The quantitative estimate of drug-likeness (QED) is 0.811. The molecule has 17 heavy (non-hydrogen) atoms. The zero-order chi connectivity index (χ0) is 12.5. The Morgan fingerprint density at radius 1 is 1.59 bits per heavy atom. The van der Waals surface area contributed by atoms with E-state index in [0.29, 0.717) is 5.56 Å². The number of ether oxygens (including phenoxy) is 1. The van der Waals surface area contributed by atoms with Gasteiger partial charge in [0.1, 0.15) is 6.04 Å². The van der Waals surface area contributed by atoms with E-state index < -0.39 is 12.0 Å². The summed E-state index contributed by atoms with van der Waals surface area (Å²) in [4.78, 5) is 10.8. The Balaban J connectivity index is 2.14. The minimum Gasteiger partial charge on any atom is -0.480 e. The Bertz CT molecular complexity index is 426. The number of rotatable bonds is 5. The predicted molar refractivity (Wildman–Crippen MR) is 63.7 cm³/mol. The summed E-state index contributed by atoms with van der Waals surface area (Å²) >= 11 is 0. The maximum Gasteiger partial charge on any atom is 0.325 e. The fourth-order valence-corrected chi connectivity index (χ4v) is 2.00. The Morgan fingerprint density at radius 2 is 2.29 bits per heavy atom. The second kappa shape index (κ2) is 4.47. The summed E-state index contributed by atoms with van der Waals surface area (Å²) in [6.07, 6.45) is 2.96. The third kappa shape index (κ3) is 2.65. The summed E-state index contributed by atoms with van der Waals surface area (Å²) in [5.41, 5.74) is 7.29.